The van der Waals surface area contributed by atoms with Gasteiger partial charge in [-0.05, 0) is 59.4 Å². The SMILES string of the molecule is CC(C)(C)OC(=O)N[C@@H]1C[C@@H]2CC[C@H]([C@H]1F)N2c1nc(OC[C@@]23CCCN2C[C@H](F)C3)nc2c(F)c(Cl)ncc12. The highest BCUT2D eigenvalue weighted by Crippen LogP contribution is 2.44. The zero-order valence-electron chi connectivity index (χ0n) is 22.8. The van der Waals surface area contributed by atoms with E-state index in [0.29, 0.717) is 43.4 Å². The molecule has 9 nitrogen and oxygen atoms in total. The number of carbonyl (C=O) groups is 1. The molecule has 0 spiro atoms. The van der Waals surface area contributed by atoms with Crippen LogP contribution in [0.3, 0.4) is 0 Å². The van der Waals surface area contributed by atoms with Crippen LogP contribution in [0, 0.1) is 5.82 Å². The summed E-state index contributed by atoms with van der Waals surface area (Å²) >= 11 is 5.99. The molecular formula is C27H34ClF3N6O3. The second-order valence-corrected chi connectivity index (χ2v) is 12.8. The van der Waals surface area contributed by atoms with Crippen molar-refractivity contribution in [3.8, 4) is 6.01 Å². The van der Waals surface area contributed by atoms with Gasteiger partial charge in [0, 0.05) is 25.2 Å². The Morgan fingerprint density at radius 3 is 2.85 bits per heavy atom. The Morgan fingerprint density at radius 2 is 2.08 bits per heavy atom. The van der Waals surface area contributed by atoms with Crippen molar-refractivity contribution in [2.45, 2.75) is 101 Å². The Hall–Kier alpha value is -2.60. The van der Waals surface area contributed by atoms with Crippen LogP contribution in [0.15, 0.2) is 6.20 Å². The third kappa shape index (κ3) is 4.91. The van der Waals surface area contributed by atoms with E-state index in [-0.39, 0.29) is 29.3 Å². The maximum atomic E-state index is 15.9. The smallest absolute Gasteiger partial charge is 0.407 e. The maximum absolute atomic E-state index is 15.9. The van der Waals surface area contributed by atoms with Gasteiger partial charge in [-0.1, -0.05) is 11.6 Å². The molecular weight excluding hydrogens is 549 g/mol. The minimum atomic E-state index is -1.42. The standard InChI is InChI=1S/C27H34ClF3N6O3/c1-26(2,3)40-25(38)33-17-9-15-5-6-18(19(17)30)37(15)23-16-11-32-22(28)20(31)21(16)34-24(35-23)39-13-27-7-4-8-36(27)12-14(29)10-27/h11,14-15,17-19H,4-10,12-13H2,1-3H3,(H,33,38)/t14-,15+,17-,18-,19+,27+/m1/s1. The molecule has 13 heteroatoms. The lowest BCUT2D eigenvalue weighted by Gasteiger charge is -2.42. The molecule has 4 fully saturated rings. The molecule has 2 aromatic rings. The van der Waals surface area contributed by atoms with Crippen molar-refractivity contribution in [1.82, 2.24) is 25.2 Å². The highest BCUT2D eigenvalue weighted by molar-refractivity contribution is 6.30. The number of piperidine rings is 1. The Bertz CT molecular complexity index is 1310. The van der Waals surface area contributed by atoms with Crippen molar-refractivity contribution in [2.24, 2.45) is 0 Å². The number of alkyl halides is 2. The quantitative estimate of drug-likeness (QED) is 0.505. The molecule has 4 aliphatic rings. The van der Waals surface area contributed by atoms with E-state index in [1.165, 1.54) is 6.20 Å². The average molecular weight is 583 g/mol. The number of pyridine rings is 1. The minimum absolute atomic E-state index is 0.0700. The molecule has 0 radical (unpaired) electrons. The van der Waals surface area contributed by atoms with E-state index in [0.717, 1.165) is 19.4 Å². The van der Waals surface area contributed by atoms with Gasteiger partial charge in [-0.15, -0.1) is 0 Å². The van der Waals surface area contributed by atoms with Crippen LogP contribution in [0.5, 0.6) is 6.01 Å². The molecule has 40 heavy (non-hydrogen) atoms. The van der Waals surface area contributed by atoms with E-state index in [1.807, 2.05) is 4.90 Å². The van der Waals surface area contributed by atoms with Gasteiger partial charge in [-0.25, -0.2) is 22.9 Å². The summed E-state index contributed by atoms with van der Waals surface area (Å²) in [5.74, 6) is -0.506. The number of carbonyl (C=O) groups excluding carboxylic acids is 1. The van der Waals surface area contributed by atoms with Crippen molar-refractivity contribution in [3.63, 3.8) is 0 Å². The average Bonchev–Trinajstić information content (AvgIpc) is 3.51. The highest BCUT2D eigenvalue weighted by Gasteiger charge is 2.51. The monoisotopic (exact) mass is 582 g/mol. The van der Waals surface area contributed by atoms with Crippen LogP contribution in [0.2, 0.25) is 5.15 Å². The zero-order valence-corrected chi connectivity index (χ0v) is 23.6. The van der Waals surface area contributed by atoms with Crippen molar-refractivity contribution >= 4 is 34.4 Å². The molecule has 1 amide bonds. The molecule has 6 atom stereocenters. The van der Waals surface area contributed by atoms with Crippen LogP contribution >= 0.6 is 11.6 Å². The first-order valence-electron chi connectivity index (χ1n) is 13.9. The predicted molar refractivity (Wildman–Crippen MR) is 143 cm³/mol. The van der Waals surface area contributed by atoms with Crippen molar-refractivity contribution < 1.29 is 27.4 Å². The second-order valence-electron chi connectivity index (χ2n) is 12.5. The fraction of sp³-hybridized carbons (Fsp3) is 0.704. The number of nitrogens with zero attached hydrogens (tertiary/aromatic N) is 5. The Labute approximate surface area is 235 Å². The summed E-state index contributed by atoms with van der Waals surface area (Å²) < 4.78 is 56.8. The molecule has 0 aliphatic carbocycles. The summed E-state index contributed by atoms with van der Waals surface area (Å²) in [6.07, 6.45) is 2.00. The first-order chi connectivity index (χ1) is 18.9. The molecule has 218 valence electrons. The lowest BCUT2D eigenvalue weighted by molar-refractivity contribution is 0.0447. The van der Waals surface area contributed by atoms with Crippen molar-refractivity contribution in [2.75, 3.05) is 24.6 Å². The Morgan fingerprint density at radius 1 is 1.27 bits per heavy atom. The molecule has 4 aliphatic heterocycles. The van der Waals surface area contributed by atoms with Gasteiger partial charge in [-0.2, -0.15) is 9.97 Å². The van der Waals surface area contributed by atoms with E-state index >= 15 is 8.78 Å². The van der Waals surface area contributed by atoms with Crippen molar-refractivity contribution in [3.05, 3.63) is 17.2 Å². The predicted octanol–water partition coefficient (Wildman–Crippen LogP) is 4.75. The van der Waals surface area contributed by atoms with Crippen LogP contribution in [-0.2, 0) is 4.74 Å². The van der Waals surface area contributed by atoms with Gasteiger partial charge in [0.2, 0.25) is 0 Å². The summed E-state index contributed by atoms with van der Waals surface area (Å²) in [6, 6.07) is -1.60. The van der Waals surface area contributed by atoms with E-state index in [2.05, 4.69) is 25.2 Å². The lowest BCUT2D eigenvalue weighted by Crippen LogP contribution is -2.58. The largest absolute Gasteiger partial charge is 0.461 e. The first kappa shape index (κ1) is 27.6. The normalized spacial score (nSPS) is 32.0. The lowest BCUT2D eigenvalue weighted by atomic mass is 9.95. The molecule has 6 heterocycles. The Kier molecular flexibility index (Phi) is 6.92. The number of fused-ring (bicyclic) bond motifs is 4. The number of ether oxygens (including phenoxy) is 2. The molecule has 0 aromatic carbocycles. The summed E-state index contributed by atoms with van der Waals surface area (Å²) in [4.78, 5) is 29.3. The van der Waals surface area contributed by atoms with Crippen LogP contribution in [0.4, 0.5) is 23.8 Å². The van der Waals surface area contributed by atoms with Gasteiger partial charge in [0.25, 0.3) is 0 Å². The van der Waals surface area contributed by atoms with Gasteiger partial charge < -0.3 is 19.7 Å². The molecule has 4 saturated heterocycles. The van der Waals surface area contributed by atoms with Crippen molar-refractivity contribution in [1.29, 1.82) is 0 Å². The number of hydrogen-bond donors (Lipinski definition) is 1. The highest BCUT2D eigenvalue weighted by atomic mass is 35.5. The van der Waals surface area contributed by atoms with Gasteiger partial charge >= 0.3 is 12.1 Å². The topological polar surface area (TPSA) is 92.7 Å². The number of aromatic nitrogens is 3. The number of amides is 1. The number of alkyl carbamates (subject to hydrolysis) is 1. The fourth-order valence-corrected chi connectivity index (χ4v) is 7.12. The third-order valence-electron chi connectivity index (χ3n) is 8.60. The van der Waals surface area contributed by atoms with E-state index in [9.17, 15) is 9.18 Å². The number of anilines is 1. The molecule has 2 bridgehead atoms. The van der Waals surface area contributed by atoms with E-state index < -0.39 is 47.5 Å². The third-order valence-corrected chi connectivity index (χ3v) is 8.87. The number of nitrogens with one attached hydrogen (secondary N) is 1. The number of hydrogen-bond acceptors (Lipinski definition) is 8. The number of rotatable bonds is 5. The van der Waals surface area contributed by atoms with E-state index in [1.54, 1.807) is 20.8 Å². The molecule has 2 aromatic heterocycles. The van der Waals surface area contributed by atoms with Crippen LogP contribution in [-0.4, -0.2) is 87.3 Å². The maximum Gasteiger partial charge on any atom is 0.407 e. The second kappa shape index (κ2) is 10.0. The molecule has 6 rings (SSSR count). The molecule has 0 unspecified atom stereocenters. The summed E-state index contributed by atoms with van der Waals surface area (Å²) in [7, 11) is 0. The van der Waals surface area contributed by atoms with Crippen LogP contribution in [0.1, 0.15) is 59.3 Å². The van der Waals surface area contributed by atoms with Gasteiger partial charge in [0.15, 0.2) is 11.0 Å². The summed E-state index contributed by atoms with van der Waals surface area (Å²) in [5, 5.41) is 2.65. The summed E-state index contributed by atoms with van der Waals surface area (Å²) in [5.41, 5.74) is -1.22. The zero-order chi connectivity index (χ0) is 28.4. The van der Waals surface area contributed by atoms with Crippen LogP contribution < -0.4 is 15.0 Å². The first-order valence-corrected chi connectivity index (χ1v) is 14.3. The number of halogens is 4. The summed E-state index contributed by atoms with van der Waals surface area (Å²) in [6.45, 7) is 6.58. The van der Waals surface area contributed by atoms with Gasteiger partial charge in [-0.3, -0.25) is 4.90 Å². The van der Waals surface area contributed by atoms with Gasteiger partial charge in [0.1, 0.15) is 35.9 Å². The van der Waals surface area contributed by atoms with Crippen LogP contribution in [0.25, 0.3) is 10.9 Å². The van der Waals surface area contributed by atoms with E-state index in [4.69, 9.17) is 21.1 Å². The minimum Gasteiger partial charge on any atom is -0.461 e. The Balaban J connectivity index is 1.30. The van der Waals surface area contributed by atoms with Gasteiger partial charge in [0.05, 0.1) is 23.0 Å². The molecule has 0 saturated carbocycles. The molecule has 1 N–H and O–H groups in total. The fourth-order valence-electron chi connectivity index (χ4n) is 6.98.